The van der Waals surface area contributed by atoms with Gasteiger partial charge in [-0.1, -0.05) is 12.1 Å². The van der Waals surface area contributed by atoms with Crippen LogP contribution in [0.2, 0.25) is 0 Å². The Kier molecular flexibility index (Phi) is 5.18. The van der Waals surface area contributed by atoms with E-state index in [0.717, 1.165) is 22.2 Å². The SMILES string of the molecule is COc1ccc(CCC(=O)NCc2ccc3ncoc3c2)cc1OC. The van der Waals surface area contributed by atoms with Gasteiger partial charge < -0.3 is 19.2 Å². The third kappa shape index (κ3) is 4.09. The summed E-state index contributed by atoms with van der Waals surface area (Å²) in [5.41, 5.74) is 3.53. The van der Waals surface area contributed by atoms with Crippen molar-refractivity contribution in [1.29, 1.82) is 0 Å². The van der Waals surface area contributed by atoms with Crippen LogP contribution < -0.4 is 14.8 Å². The van der Waals surface area contributed by atoms with Gasteiger partial charge in [0.1, 0.15) is 5.52 Å². The van der Waals surface area contributed by atoms with Gasteiger partial charge in [-0.05, 0) is 41.8 Å². The number of hydrogen-bond donors (Lipinski definition) is 1. The minimum Gasteiger partial charge on any atom is -0.493 e. The number of amides is 1. The van der Waals surface area contributed by atoms with Crippen molar-refractivity contribution in [2.24, 2.45) is 0 Å². The molecule has 0 unspecified atom stereocenters. The van der Waals surface area contributed by atoms with Gasteiger partial charge >= 0.3 is 0 Å². The average Bonchev–Trinajstić information content (AvgIpc) is 3.12. The second-order valence-corrected chi connectivity index (χ2v) is 5.62. The maximum atomic E-state index is 12.1. The van der Waals surface area contributed by atoms with Crippen LogP contribution in [0.3, 0.4) is 0 Å². The third-order valence-corrected chi connectivity index (χ3v) is 3.97. The van der Waals surface area contributed by atoms with E-state index in [-0.39, 0.29) is 5.91 Å². The molecule has 1 aromatic heterocycles. The van der Waals surface area contributed by atoms with Crippen LogP contribution in [0, 0.1) is 0 Å². The molecule has 1 N–H and O–H groups in total. The molecule has 130 valence electrons. The van der Waals surface area contributed by atoms with Gasteiger partial charge in [-0.25, -0.2) is 4.98 Å². The zero-order valence-corrected chi connectivity index (χ0v) is 14.2. The Morgan fingerprint density at radius 2 is 1.88 bits per heavy atom. The number of aryl methyl sites for hydroxylation is 1. The first-order chi connectivity index (χ1) is 12.2. The predicted octanol–water partition coefficient (Wildman–Crippen LogP) is 3.09. The van der Waals surface area contributed by atoms with Crippen LogP contribution in [0.1, 0.15) is 17.5 Å². The molecule has 0 aliphatic carbocycles. The number of nitrogens with zero attached hydrogens (tertiary/aromatic N) is 1. The fourth-order valence-electron chi connectivity index (χ4n) is 2.59. The highest BCUT2D eigenvalue weighted by atomic mass is 16.5. The number of hydrogen-bond acceptors (Lipinski definition) is 5. The van der Waals surface area contributed by atoms with Gasteiger partial charge in [0, 0.05) is 13.0 Å². The first kappa shape index (κ1) is 16.8. The summed E-state index contributed by atoms with van der Waals surface area (Å²) in [6.07, 6.45) is 2.45. The molecule has 3 aromatic rings. The number of oxazole rings is 1. The number of carbonyl (C=O) groups is 1. The molecule has 0 atom stereocenters. The van der Waals surface area contributed by atoms with Gasteiger partial charge in [-0.2, -0.15) is 0 Å². The van der Waals surface area contributed by atoms with Gasteiger partial charge in [0.15, 0.2) is 23.5 Å². The molecule has 0 bridgehead atoms. The molecular weight excluding hydrogens is 320 g/mol. The standard InChI is InChI=1S/C19H20N2O4/c1-23-16-7-4-13(9-18(16)24-2)5-8-19(22)20-11-14-3-6-15-17(10-14)25-12-21-15/h3-4,6-7,9-10,12H,5,8,11H2,1-2H3,(H,20,22). The van der Waals surface area contributed by atoms with Gasteiger partial charge in [-0.15, -0.1) is 0 Å². The highest BCUT2D eigenvalue weighted by Crippen LogP contribution is 2.27. The molecular formula is C19H20N2O4. The van der Waals surface area contributed by atoms with Crippen molar-refractivity contribution in [2.45, 2.75) is 19.4 Å². The highest BCUT2D eigenvalue weighted by Gasteiger charge is 2.07. The molecule has 1 amide bonds. The minimum absolute atomic E-state index is 0.00699. The Balaban J connectivity index is 1.52. The Labute approximate surface area is 145 Å². The second-order valence-electron chi connectivity index (χ2n) is 5.62. The number of carbonyl (C=O) groups excluding carboxylic acids is 1. The monoisotopic (exact) mass is 340 g/mol. The highest BCUT2D eigenvalue weighted by molar-refractivity contribution is 5.77. The largest absolute Gasteiger partial charge is 0.493 e. The number of rotatable bonds is 7. The van der Waals surface area contributed by atoms with Gasteiger partial charge in [0.05, 0.1) is 14.2 Å². The Bertz CT molecular complexity index is 873. The van der Waals surface area contributed by atoms with E-state index >= 15 is 0 Å². The normalized spacial score (nSPS) is 10.6. The van der Waals surface area contributed by atoms with Crippen LogP contribution >= 0.6 is 0 Å². The van der Waals surface area contributed by atoms with E-state index in [2.05, 4.69) is 10.3 Å². The molecule has 0 saturated heterocycles. The van der Waals surface area contributed by atoms with Gasteiger partial charge in [-0.3, -0.25) is 4.79 Å². The zero-order chi connectivity index (χ0) is 17.6. The lowest BCUT2D eigenvalue weighted by molar-refractivity contribution is -0.121. The van der Waals surface area contributed by atoms with Crippen LogP contribution in [-0.2, 0) is 17.8 Å². The van der Waals surface area contributed by atoms with Crippen molar-refractivity contribution in [3.8, 4) is 11.5 Å². The molecule has 0 aliphatic rings. The molecule has 0 saturated carbocycles. The third-order valence-electron chi connectivity index (χ3n) is 3.97. The predicted molar refractivity (Wildman–Crippen MR) is 93.7 cm³/mol. The quantitative estimate of drug-likeness (QED) is 0.715. The smallest absolute Gasteiger partial charge is 0.220 e. The molecule has 0 aliphatic heterocycles. The first-order valence-corrected chi connectivity index (χ1v) is 7.99. The fourth-order valence-corrected chi connectivity index (χ4v) is 2.59. The molecule has 3 rings (SSSR count). The van der Waals surface area contributed by atoms with Crippen LogP contribution in [0.25, 0.3) is 11.1 Å². The number of aromatic nitrogens is 1. The van der Waals surface area contributed by atoms with E-state index in [9.17, 15) is 4.79 Å². The molecule has 0 spiro atoms. The van der Waals surface area contributed by atoms with E-state index in [0.29, 0.717) is 30.9 Å². The average molecular weight is 340 g/mol. The number of ether oxygens (including phenoxy) is 2. The van der Waals surface area contributed by atoms with E-state index in [4.69, 9.17) is 13.9 Å². The first-order valence-electron chi connectivity index (χ1n) is 7.99. The molecule has 2 aromatic carbocycles. The fraction of sp³-hybridized carbons (Fsp3) is 0.263. The number of nitrogens with one attached hydrogen (secondary N) is 1. The molecule has 6 nitrogen and oxygen atoms in total. The summed E-state index contributed by atoms with van der Waals surface area (Å²) in [6, 6.07) is 11.4. The maximum Gasteiger partial charge on any atom is 0.220 e. The molecule has 0 radical (unpaired) electrons. The molecule has 1 heterocycles. The number of benzene rings is 2. The topological polar surface area (TPSA) is 73.6 Å². The number of fused-ring (bicyclic) bond motifs is 1. The van der Waals surface area contributed by atoms with Crippen molar-refractivity contribution >= 4 is 17.0 Å². The summed E-state index contributed by atoms with van der Waals surface area (Å²) in [5.74, 6) is 1.34. The second kappa shape index (κ2) is 7.70. The van der Waals surface area contributed by atoms with Crippen molar-refractivity contribution in [1.82, 2.24) is 10.3 Å². The minimum atomic E-state index is -0.00699. The van der Waals surface area contributed by atoms with Crippen LogP contribution in [0.5, 0.6) is 11.5 Å². The lowest BCUT2D eigenvalue weighted by atomic mass is 10.1. The molecule has 6 heteroatoms. The maximum absolute atomic E-state index is 12.1. The van der Waals surface area contributed by atoms with Crippen molar-refractivity contribution in [3.05, 3.63) is 53.9 Å². The Morgan fingerprint density at radius 3 is 2.68 bits per heavy atom. The van der Waals surface area contributed by atoms with E-state index in [1.54, 1.807) is 14.2 Å². The zero-order valence-electron chi connectivity index (χ0n) is 14.2. The van der Waals surface area contributed by atoms with Gasteiger partial charge in [0.2, 0.25) is 5.91 Å². The summed E-state index contributed by atoms with van der Waals surface area (Å²) in [5, 5.41) is 2.92. The lowest BCUT2D eigenvalue weighted by Gasteiger charge is -2.10. The van der Waals surface area contributed by atoms with Crippen molar-refractivity contribution in [2.75, 3.05) is 14.2 Å². The Morgan fingerprint density at radius 1 is 1.08 bits per heavy atom. The summed E-state index contributed by atoms with van der Waals surface area (Å²) in [4.78, 5) is 16.1. The Hall–Kier alpha value is -3.02. The van der Waals surface area contributed by atoms with Gasteiger partial charge in [0.25, 0.3) is 0 Å². The van der Waals surface area contributed by atoms with Crippen molar-refractivity contribution in [3.63, 3.8) is 0 Å². The summed E-state index contributed by atoms with van der Waals surface area (Å²) in [7, 11) is 3.20. The van der Waals surface area contributed by atoms with Crippen LogP contribution in [-0.4, -0.2) is 25.1 Å². The van der Waals surface area contributed by atoms with E-state index in [1.807, 2.05) is 36.4 Å². The summed E-state index contributed by atoms with van der Waals surface area (Å²) in [6.45, 7) is 0.460. The molecule has 0 fully saturated rings. The van der Waals surface area contributed by atoms with Crippen LogP contribution in [0.4, 0.5) is 0 Å². The number of methoxy groups -OCH3 is 2. The van der Waals surface area contributed by atoms with E-state index < -0.39 is 0 Å². The lowest BCUT2D eigenvalue weighted by Crippen LogP contribution is -2.22. The van der Waals surface area contributed by atoms with E-state index in [1.165, 1.54) is 6.39 Å². The summed E-state index contributed by atoms with van der Waals surface area (Å²) >= 11 is 0. The van der Waals surface area contributed by atoms with Crippen LogP contribution in [0.15, 0.2) is 47.2 Å². The van der Waals surface area contributed by atoms with Crippen molar-refractivity contribution < 1.29 is 18.7 Å². The molecule has 25 heavy (non-hydrogen) atoms. The summed E-state index contributed by atoms with van der Waals surface area (Å²) < 4.78 is 15.8.